The zero-order valence-electron chi connectivity index (χ0n) is 11.0. The standard InChI is InChI=1S/C13H21ClN4S/c14-12-7-6-11(19-12)8-9-16-13(18-15)17-10-4-2-1-3-5-10/h6-7,10H,1-5,8-9,15H2,(H2,16,17,18). The first-order valence-corrected chi connectivity index (χ1v) is 7.99. The van der Waals surface area contributed by atoms with Gasteiger partial charge in [-0.2, -0.15) is 0 Å². The van der Waals surface area contributed by atoms with Gasteiger partial charge in [0.15, 0.2) is 0 Å². The summed E-state index contributed by atoms with van der Waals surface area (Å²) < 4.78 is 0.830. The highest BCUT2D eigenvalue weighted by Crippen LogP contribution is 2.21. The molecule has 4 N–H and O–H groups in total. The van der Waals surface area contributed by atoms with Gasteiger partial charge in [-0.15, -0.1) is 11.3 Å². The second kappa shape index (κ2) is 7.72. The first-order chi connectivity index (χ1) is 9.28. The number of hydrazine groups is 1. The Hall–Kier alpha value is -0.780. The van der Waals surface area contributed by atoms with Gasteiger partial charge in [0.25, 0.3) is 0 Å². The van der Waals surface area contributed by atoms with Crippen molar-refractivity contribution in [2.75, 3.05) is 6.54 Å². The Balaban J connectivity index is 1.77. The van der Waals surface area contributed by atoms with Crippen LogP contribution in [0.2, 0.25) is 4.34 Å². The van der Waals surface area contributed by atoms with Crippen LogP contribution in [0.5, 0.6) is 0 Å². The monoisotopic (exact) mass is 300 g/mol. The summed E-state index contributed by atoms with van der Waals surface area (Å²) in [4.78, 5) is 5.73. The van der Waals surface area contributed by atoms with Crippen LogP contribution < -0.4 is 16.6 Å². The zero-order valence-corrected chi connectivity index (χ0v) is 12.6. The van der Waals surface area contributed by atoms with Crippen molar-refractivity contribution in [2.24, 2.45) is 10.8 Å². The molecule has 1 saturated carbocycles. The number of nitrogens with zero attached hydrogens (tertiary/aromatic N) is 1. The molecule has 1 aromatic rings. The average Bonchev–Trinajstić information content (AvgIpc) is 2.84. The summed E-state index contributed by atoms with van der Waals surface area (Å²) in [5.41, 5.74) is 2.66. The third-order valence-electron chi connectivity index (χ3n) is 3.34. The fraction of sp³-hybridized carbons (Fsp3) is 0.615. The van der Waals surface area contributed by atoms with Crippen LogP contribution in [0.25, 0.3) is 0 Å². The molecule has 1 fully saturated rings. The van der Waals surface area contributed by atoms with Gasteiger partial charge in [0, 0.05) is 23.9 Å². The van der Waals surface area contributed by atoms with E-state index < -0.39 is 0 Å². The van der Waals surface area contributed by atoms with Gasteiger partial charge in [-0.1, -0.05) is 30.9 Å². The van der Waals surface area contributed by atoms with Gasteiger partial charge < -0.3 is 5.32 Å². The molecule has 0 radical (unpaired) electrons. The molecule has 0 aromatic carbocycles. The summed E-state index contributed by atoms with van der Waals surface area (Å²) in [6.07, 6.45) is 7.25. The number of rotatable bonds is 4. The molecule has 106 valence electrons. The van der Waals surface area contributed by atoms with E-state index in [0.717, 1.165) is 17.3 Å². The highest BCUT2D eigenvalue weighted by molar-refractivity contribution is 7.16. The Morgan fingerprint density at radius 2 is 2.16 bits per heavy atom. The van der Waals surface area contributed by atoms with Crippen LogP contribution in [0.1, 0.15) is 37.0 Å². The third kappa shape index (κ3) is 5.01. The number of guanidine groups is 1. The van der Waals surface area contributed by atoms with Crippen LogP contribution >= 0.6 is 22.9 Å². The fourth-order valence-corrected chi connectivity index (χ4v) is 3.41. The van der Waals surface area contributed by atoms with E-state index in [1.807, 2.05) is 12.1 Å². The lowest BCUT2D eigenvalue weighted by Gasteiger charge is -2.24. The van der Waals surface area contributed by atoms with E-state index in [9.17, 15) is 0 Å². The normalized spacial score (nSPS) is 17.5. The van der Waals surface area contributed by atoms with Gasteiger partial charge in [-0.3, -0.25) is 10.4 Å². The number of nitrogens with one attached hydrogen (secondary N) is 2. The molecule has 19 heavy (non-hydrogen) atoms. The van der Waals surface area contributed by atoms with E-state index in [2.05, 4.69) is 15.7 Å². The zero-order chi connectivity index (χ0) is 13.5. The molecular weight excluding hydrogens is 280 g/mol. The molecule has 1 aliphatic rings. The molecule has 6 heteroatoms. The van der Waals surface area contributed by atoms with Crippen LogP contribution in [0.3, 0.4) is 0 Å². The lowest BCUT2D eigenvalue weighted by molar-refractivity contribution is 0.410. The second-order valence-corrected chi connectivity index (χ2v) is 6.61. The first kappa shape index (κ1) is 14.6. The second-order valence-electron chi connectivity index (χ2n) is 4.81. The van der Waals surface area contributed by atoms with Crippen LogP contribution in [-0.4, -0.2) is 18.5 Å². The summed E-state index contributed by atoms with van der Waals surface area (Å²) in [7, 11) is 0. The molecule has 0 atom stereocenters. The summed E-state index contributed by atoms with van der Waals surface area (Å²) >= 11 is 7.50. The Kier molecular flexibility index (Phi) is 5.94. The summed E-state index contributed by atoms with van der Waals surface area (Å²) in [6.45, 7) is 0.718. The van der Waals surface area contributed by atoms with Crippen LogP contribution in [0, 0.1) is 0 Å². The van der Waals surface area contributed by atoms with Crippen LogP contribution in [0.15, 0.2) is 17.1 Å². The first-order valence-electron chi connectivity index (χ1n) is 6.80. The SMILES string of the molecule is NNC(=NCCc1ccc(Cl)s1)NC1CCCCC1. The minimum Gasteiger partial charge on any atom is -0.353 e. The largest absolute Gasteiger partial charge is 0.353 e. The van der Waals surface area contributed by atoms with Crippen molar-refractivity contribution in [3.05, 3.63) is 21.3 Å². The average molecular weight is 301 g/mol. The lowest BCUT2D eigenvalue weighted by Crippen LogP contribution is -2.47. The maximum Gasteiger partial charge on any atom is 0.205 e. The fourth-order valence-electron chi connectivity index (χ4n) is 2.34. The van der Waals surface area contributed by atoms with E-state index in [0.29, 0.717) is 12.0 Å². The van der Waals surface area contributed by atoms with Crippen molar-refractivity contribution < 1.29 is 0 Å². The lowest BCUT2D eigenvalue weighted by atomic mass is 9.96. The van der Waals surface area contributed by atoms with Crippen molar-refractivity contribution in [2.45, 2.75) is 44.6 Å². The van der Waals surface area contributed by atoms with Crippen molar-refractivity contribution in [1.29, 1.82) is 0 Å². The van der Waals surface area contributed by atoms with Gasteiger partial charge >= 0.3 is 0 Å². The van der Waals surface area contributed by atoms with Crippen molar-refractivity contribution >= 4 is 28.9 Å². The summed E-state index contributed by atoms with van der Waals surface area (Å²) in [5.74, 6) is 6.22. The Bertz CT molecular complexity index is 413. The number of thiophene rings is 1. The number of aliphatic imine (C=N–C) groups is 1. The van der Waals surface area contributed by atoms with Crippen LogP contribution in [0.4, 0.5) is 0 Å². The number of hydrogen-bond acceptors (Lipinski definition) is 3. The molecule has 0 aliphatic heterocycles. The van der Waals surface area contributed by atoms with Gasteiger partial charge in [-0.05, 0) is 25.0 Å². The van der Waals surface area contributed by atoms with Crippen molar-refractivity contribution in [1.82, 2.24) is 10.7 Å². The van der Waals surface area contributed by atoms with Gasteiger partial charge in [-0.25, -0.2) is 5.84 Å². The molecular formula is C13H21ClN4S. The van der Waals surface area contributed by atoms with E-state index in [-0.39, 0.29) is 0 Å². The van der Waals surface area contributed by atoms with E-state index in [4.69, 9.17) is 17.4 Å². The predicted molar refractivity (Wildman–Crippen MR) is 82.7 cm³/mol. The molecule has 0 spiro atoms. The quantitative estimate of drug-likeness (QED) is 0.347. The van der Waals surface area contributed by atoms with Crippen LogP contribution in [-0.2, 0) is 6.42 Å². The van der Waals surface area contributed by atoms with Crippen molar-refractivity contribution in [3.8, 4) is 0 Å². The van der Waals surface area contributed by atoms with Crippen molar-refractivity contribution in [3.63, 3.8) is 0 Å². The highest BCUT2D eigenvalue weighted by Gasteiger charge is 2.13. The topological polar surface area (TPSA) is 62.4 Å². The summed E-state index contributed by atoms with van der Waals surface area (Å²) in [5, 5.41) is 3.39. The minimum absolute atomic E-state index is 0.514. The number of nitrogens with two attached hydrogens (primary N) is 1. The maximum absolute atomic E-state index is 5.90. The Morgan fingerprint density at radius 1 is 1.37 bits per heavy atom. The molecule has 1 aromatic heterocycles. The highest BCUT2D eigenvalue weighted by atomic mass is 35.5. The molecule has 0 amide bonds. The van der Waals surface area contributed by atoms with Gasteiger partial charge in [0.1, 0.15) is 0 Å². The minimum atomic E-state index is 0.514. The number of halogens is 1. The maximum atomic E-state index is 5.90. The predicted octanol–water partition coefficient (Wildman–Crippen LogP) is 2.69. The molecule has 0 bridgehead atoms. The third-order valence-corrected chi connectivity index (χ3v) is 4.63. The molecule has 1 heterocycles. The molecule has 0 unspecified atom stereocenters. The molecule has 1 aliphatic carbocycles. The summed E-state index contributed by atoms with van der Waals surface area (Å²) in [6, 6.07) is 4.49. The smallest absolute Gasteiger partial charge is 0.205 e. The van der Waals surface area contributed by atoms with Gasteiger partial charge in [0.05, 0.1) is 4.34 Å². The van der Waals surface area contributed by atoms with E-state index >= 15 is 0 Å². The van der Waals surface area contributed by atoms with E-state index in [1.165, 1.54) is 37.0 Å². The van der Waals surface area contributed by atoms with Gasteiger partial charge in [0.2, 0.25) is 5.96 Å². The molecule has 4 nitrogen and oxygen atoms in total. The number of hydrogen-bond donors (Lipinski definition) is 3. The molecule has 0 saturated heterocycles. The molecule has 2 rings (SSSR count). The Labute approximate surface area is 123 Å². The van der Waals surface area contributed by atoms with E-state index in [1.54, 1.807) is 11.3 Å². The Morgan fingerprint density at radius 3 is 2.79 bits per heavy atom.